The van der Waals surface area contributed by atoms with Crippen molar-refractivity contribution in [3.8, 4) is 0 Å². The SMILES string of the molecule is CNCC(CO)CO. The van der Waals surface area contributed by atoms with Gasteiger partial charge in [-0.3, -0.25) is 0 Å². The fraction of sp³-hybridized carbons (Fsp3) is 1.00. The molecule has 3 nitrogen and oxygen atoms in total. The fourth-order valence-electron chi connectivity index (χ4n) is 0.476. The molecule has 0 rings (SSSR count). The van der Waals surface area contributed by atoms with E-state index >= 15 is 0 Å². The van der Waals surface area contributed by atoms with E-state index in [1.54, 1.807) is 7.05 Å². The van der Waals surface area contributed by atoms with Gasteiger partial charge in [-0.25, -0.2) is 0 Å². The van der Waals surface area contributed by atoms with Crippen LogP contribution in [0.1, 0.15) is 0 Å². The highest BCUT2D eigenvalue weighted by Crippen LogP contribution is 1.87. The minimum atomic E-state index is -0.000000000000000444. The van der Waals surface area contributed by atoms with Crippen molar-refractivity contribution in [1.82, 2.24) is 5.32 Å². The molecule has 0 saturated carbocycles. The lowest BCUT2D eigenvalue weighted by molar-refractivity contribution is 0.150. The Labute approximate surface area is 49.3 Å². The first-order valence-corrected chi connectivity index (χ1v) is 2.71. The van der Waals surface area contributed by atoms with Crippen LogP contribution in [0.3, 0.4) is 0 Å². The van der Waals surface area contributed by atoms with E-state index in [0.29, 0.717) is 6.54 Å². The summed E-state index contributed by atoms with van der Waals surface area (Å²) >= 11 is 0. The van der Waals surface area contributed by atoms with E-state index in [4.69, 9.17) is 10.2 Å². The van der Waals surface area contributed by atoms with Gasteiger partial charge in [-0.1, -0.05) is 0 Å². The Kier molecular flexibility index (Phi) is 4.95. The number of hydrogen-bond donors (Lipinski definition) is 3. The summed E-state index contributed by atoms with van der Waals surface area (Å²) in [6.07, 6.45) is 0. The Bertz CT molecular complexity index is 45.7. The van der Waals surface area contributed by atoms with Crippen LogP contribution in [0.25, 0.3) is 0 Å². The minimum absolute atomic E-state index is 0.000000000000000444. The van der Waals surface area contributed by atoms with Crippen molar-refractivity contribution in [2.75, 3.05) is 26.8 Å². The maximum absolute atomic E-state index is 8.46. The van der Waals surface area contributed by atoms with E-state index in [1.807, 2.05) is 0 Å². The van der Waals surface area contributed by atoms with Crippen molar-refractivity contribution < 1.29 is 10.2 Å². The van der Waals surface area contributed by atoms with Crippen molar-refractivity contribution in [1.29, 1.82) is 0 Å². The lowest BCUT2D eigenvalue weighted by Crippen LogP contribution is -2.24. The Hall–Kier alpha value is -0.120. The summed E-state index contributed by atoms with van der Waals surface area (Å²) in [4.78, 5) is 0. The van der Waals surface area contributed by atoms with Gasteiger partial charge in [0, 0.05) is 25.7 Å². The monoisotopic (exact) mass is 119 g/mol. The zero-order valence-corrected chi connectivity index (χ0v) is 5.09. The van der Waals surface area contributed by atoms with Crippen LogP contribution in [0.2, 0.25) is 0 Å². The first-order valence-electron chi connectivity index (χ1n) is 2.71. The third-order valence-corrected chi connectivity index (χ3v) is 1.01. The second-order valence-corrected chi connectivity index (χ2v) is 1.79. The normalized spacial score (nSPS) is 10.5. The molecule has 0 unspecified atom stereocenters. The van der Waals surface area contributed by atoms with Gasteiger partial charge in [0.1, 0.15) is 0 Å². The van der Waals surface area contributed by atoms with Gasteiger partial charge in [0.05, 0.1) is 0 Å². The molecular formula is C5H13NO2. The van der Waals surface area contributed by atoms with E-state index in [0.717, 1.165) is 0 Å². The molecule has 0 aromatic carbocycles. The molecule has 8 heavy (non-hydrogen) atoms. The first-order chi connectivity index (χ1) is 3.85. The molecule has 50 valence electrons. The van der Waals surface area contributed by atoms with Crippen molar-refractivity contribution in [2.24, 2.45) is 5.92 Å². The first kappa shape index (κ1) is 7.88. The Morgan fingerprint density at radius 2 is 1.88 bits per heavy atom. The molecule has 0 atom stereocenters. The summed E-state index contributed by atoms with van der Waals surface area (Å²) < 4.78 is 0. The molecule has 0 aliphatic heterocycles. The third-order valence-electron chi connectivity index (χ3n) is 1.01. The van der Waals surface area contributed by atoms with Crippen LogP contribution in [0, 0.1) is 5.92 Å². The van der Waals surface area contributed by atoms with E-state index in [1.165, 1.54) is 0 Å². The molecule has 0 aliphatic rings. The van der Waals surface area contributed by atoms with Crippen LogP contribution in [0.5, 0.6) is 0 Å². The molecule has 0 heterocycles. The summed E-state index contributed by atoms with van der Waals surface area (Å²) in [5, 5.41) is 19.8. The average Bonchev–Trinajstić information content (AvgIpc) is 1.83. The van der Waals surface area contributed by atoms with Crippen molar-refractivity contribution in [2.45, 2.75) is 0 Å². The van der Waals surface area contributed by atoms with Crippen molar-refractivity contribution >= 4 is 0 Å². The van der Waals surface area contributed by atoms with Crippen LogP contribution in [0.4, 0.5) is 0 Å². The predicted octanol–water partition coefficient (Wildman–Crippen LogP) is -1.19. The topological polar surface area (TPSA) is 52.5 Å². The molecule has 0 amide bonds. The Morgan fingerprint density at radius 1 is 1.38 bits per heavy atom. The number of rotatable bonds is 4. The molecule has 3 heteroatoms. The summed E-state index contributed by atoms with van der Waals surface area (Å²) in [7, 11) is 1.79. The smallest absolute Gasteiger partial charge is 0.0493 e. The summed E-state index contributed by atoms with van der Waals surface area (Å²) in [5.74, 6) is -0.000000000000000444. The molecule has 0 fully saturated rings. The number of aliphatic hydroxyl groups excluding tert-OH is 2. The molecule has 0 aliphatic carbocycles. The van der Waals surface area contributed by atoms with E-state index in [9.17, 15) is 0 Å². The highest BCUT2D eigenvalue weighted by atomic mass is 16.3. The van der Waals surface area contributed by atoms with E-state index in [2.05, 4.69) is 5.32 Å². The van der Waals surface area contributed by atoms with E-state index in [-0.39, 0.29) is 19.1 Å². The zero-order valence-electron chi connectivity index (χ0n) is 5.09. The molecule has 0 aromatic heterocycles. The largest absolute Gasteiger partial charge is 0.396 e. The van der Waals surface area contributed by atoms with Crippen molar-refractivity contribution in [3.05, 3.63) is 0 Å². The van der Waals surface area contributed by atoms with Crippen LogP contribution in [-0.2, 0) is 0 Å². The zero-order chi connectivity index (χ0) is 6.41. The van der Waals surface area contributed by atoms with Crippen LogP contribution < -0.4 is 5.32 Å². The molecule has 0 spiro atoms. The minimum Gasteiger partial charge on any atom is -0.396 e. The van der Waals surface area contributed by atoms with Gasteiger partial charge >= 0.3 is 0 Å². The molecular weight excluding hydrogens is 106 g/mol. The summed E-state index contributed by atoms with van der Waals surface area (Å²) in [6, 6.07) is 0. The van der Waals surface area contributed by atoms with Crippen LogP contribution >= 0.6 is 0 Å². The maximum Gasteiger partial charge on any atom is 0.0493 e. The Balaban J connectivity index is 3.07. The predicted molar refractivity (Wildman–Crippen MR) is 31.6 cm³/mol. The lowest BCUT2D eigenvalue weighted by Gasteiger charge is -2.07. The van der Waals surface area contributed by atoms with Gasteiger partial charge < -0.3 is 15.5 Å². The molecule has 0 saturated heterocycles. The quantitative estimate of drug-likeness (QED) is 0.436. The van der Waals surface area contributed by atoms with Crippen molar-refractivity contribution in [3.63, 3.8) is 0 Å². The second kappa shape index (κ2) is 5.03. The molecule has 3 N–H and O–H groups in total. The lowest BCUT2D eigenvalue weighted by atomic mass is 10.2. The second-order valence-electron chi connectivity index (χ2n) is 1.79. The van der Waals surface area contributed by atoms with Gasteiger partial charge in [0.25, 0.3) is 0 Å². The standard InChI is InChI=1S/C5H13NO2/c1-6-2-5(3-7)4-8/h5-8H,2-4H2,1H3. The van der Waals surface area contributed by atoms with Crippen LogP contribution in [0.15, 0.2) is 0 Å². The van der Waals surface area contributed by atoms with Crippen LogP contribution in [-0.4, -0.2) is 37.0 Å². The van der Waals surface area contributed by atoms with E-state index < -0.39 is 0 Å². The number of aliphatic hydroxyl groups is 2. The third kappa shape index (κ3) is 2.96. The maximum atomic E-state index is 8.46. The molecule has 0 radical (unpaired) electrons. The van der Waals surface area contributed by atoms with Gasteiger partial charge in [0.2, 0.25) is 0 Å². The Morgan fingerprint density at radius 3 is 2.00 bits per heavy atom. The average molecular weight is 119 g/mol. The molecule has 0 bridgehead atoms. The van der Waals surface area contributed by atoms with Gasteiger partial charge in [0.15, 0.2) is 0 Å². The highest BCUT2D eigenvalue weighted by molar-refractivity contribution is 4.55. The number of hydrogen-bond acceptors (Lipinski definition) is 3. The van der Waals surface area contributed by atoms with Gasteiger partial charge in [-0.15, -0.1) is 0 Å². The van der Waals surface area contributed by atoms with Gasteiger partial charge in [-0.05, 0) is 7.05 Å². The summed E-state index contributed by atoms with van der Waals surface area (Å²) in [5.41, 5.74) is 0. The highest BCUT2D eigenvalue weighted by Gasteiger charge is 2.01. The fourth-order valence-corrected chi connectivity index (χ4v) is 0.476. The summed E-state index contributed by atoms with van der Waals surface area (Å²) in [6.45, 7) is 0.779. The number of nitrogens with one attached hydrogen (secondary N) is 1. The van der Waals surface area contributed by atoms with Gasteiger partial charge in [-0.2, -0.15) is 0 Å². The molecule has 0 aromatic rings.